The maximum atomic E-state index is 12.8. The molecule has 1 fully saturated rings. The minimum Gasteiger partial charge on any atom is -0.349 e. The van der Waals surface area contributed by atoms with Gasteiger partial charge in [0.1, 0.15) is 0 Å². The van der Waals surface area contributed by atoms with E-state index >= 15 is 0 Å². The second kappa shape index (κ2) is 7.37. The molecule has 152 valence electrons. The third-order valence-corrected chi connectivity index (χ3v) is 5.10. The second-order valence-electron chi connectivity index (χ2n) is 9.22. The summed E-state index contributed by atoms with van der Waals surface area (Å²) in [6.07, 6.45) is -2.82. The van der Waals surface area contributed by atoms with Gasteiger partial charge in [-0.2, -0.15) is 13.2 Å². The molecule has 5 nitrogen and oxygen atoms in total. The highest BCUT2D eigenvalue weighted by Gasteiger charge is 2.45. The van der Waals surface area contributed by atoms with Crippen molar-refractivity contribution >= 4 is 5.91 Å². The highest BCUT2D eigenvalue weighted by Crippen LogP contribution is 2.39. The number of rotatable bonds is 3. The van der Waals surface area contributed by atoms with Crippen LogP contribution in [0.2, 0.25) is 0 Å². The highest BCUT2D eigenvalue weighted by molar-refractivity contribution is 5.82. The molecular formula is C19H29F3N4O. The summed E-state index contributed by atoms with van der Waals surface area (Å²) in [4.78, 5) is 21.7. The minimum absolute atomic E-state index is 0.0564. The van der Waals surface area contributed by atoms with Crippen molar-refractivity contribution in [3.8, 4) is 0 Å². The lowest BCUT2D eigenvalue weighted by Gasteiger charge is -2.36. The molecule has 1 aliphatic heterocycles. The maximum Gasteiger partial charge on any atom is 0.451 e. The van der Waals surface area contributed by atoms with E-state index < -0.39 is 12.0 Å². The maximum absolute atomic E-state index is 12.8. The van der Waals surface area contributed by atoms with Gasteiger partial charge >= 0.3 is 6.18 Å². The zero-order chi connectivity index (χ0) is 20.6. The molecule has 0 bridgehead atoms. The first-order valence-corrected chi connectivity index (χ1v) is 9.13. The summed E-state index contributed by atoms with van der Waals surface area (Å²) in [7, 11) is 0. The van der Waals surface area contributed by atoms with Crippen molar-refractivity contribution in [1.82, 2.24) is 20.2 Å². The predicted octanol–water partition coefficient (Wildman–Crippen LogP) is 3.65. The highest BCUT2D eigenvalue weighted by atomic mass is 19.4. The van der Waals surface area contributed by atoms with E-state index in [2.05, 4.69) is 61.7 Å². The summed E-state index contributed by atoms with van der Waals surface area (Å²) >= 11 is 0. The fourth-order valence-corrected chi connectivity index (χ4v) is 3.38. The van der Waals surface area contributed by atoms with Crippen molar-refractivity contribution in [2.75, 3.05) is 6.54 Å². The molecule has 2 atom stereocenters. The van der Waals surface area contributed by atoms with Gasteiger partial charge in [-0.25, -0.2) is 9.97 Å². The molecule has 0 radical (unpaired) electrons. The fourth-order valence-electron chi connectivity index (χ4n) is 3.38. The number of hydrogen-bond donors (Lipinski definition) is 1. The van der Waals surface area contributed by atoms with Gasteiger partial charge in [-0.05, 0) is 44.6 Å². The van der Waals surface area contributed by atoms with Crippen LogP contribution in [0.25, 0.3) is 0 Å². The van der Waals surface area contributed by atoms with Crippen LogP contribution in [0.15, 0.2) is 12.3 Å². The number of aromatic nitrogens is 2. The second-order valence-corrected chi connectivity index (χ2v) is 9.22. The van der Waals surface area contributed by atoms with Crippen LogP contribution in [0.1, 0.15) is 59.5 Å². The molecule has 1 N–H and O–H groups in total. The van der Waals surface area contributed by atoms with Gasteiger partial charge < -0.3 is 5.32 Å². The lowest BCUT2D eigenvalue weighted by atomic mass is 9.79. The number of amides is 1. The smallest absolute Gasteiger partial charge is 0.349 e. The van der Waals surface area contributed by atoms with Gasteiger partial charge in [0.25, 0.3) is 0 Å². The summed E-state index contributed by atoms with van der Waals surface area (Å²) in [5, 5.41) is 2.76. The van der Waals surface area contributed by atoms with Gasteiger partial charge in [0.2, 0.25) is 11.7 Å². The van der Waals surface area contributed by atoms with E-state index in [4.69, 9.17) is 0 Å². The van der Waals surface area contributed by atoms with Crippen molar-refractivity contribution in [3.05, 3.63) is 23.8 Å². The number of nitrogens with one attached hydrogen (secondary N) is 1. The minimum atomic E-state index is -4.60. The Kier molecular flexibility index (Phi) is 5.90. The van der Waals surface area contributed by atoms with Gasteiger partial charge in [0.15, 0.2) is 0 Å². The quantitative estimate of drug-likeness (QED) is 0.862. The Morgan fingerprint density at radius 1 is 1.22 bits per heavy atom. The van der Waals surface area contributed by atoms with Crippen LogP contribution in [0.4, 0.5) is 13.2 Å². The van der Waals surface area contributed by atoms with Gasteiger partial charge in [-0.1, -0.05) is 20.8 Å². The number of likely N-dealkylation sites (tertiary alicyclic amines) is 1. The van der Waals surface area contributed by atoms with Crippen molar-refractivity contribution in [2.24, 2.45) is 11.3 Å². The third kappa shape index (κ3) is 5.40. The van der Waals surface area contributed by atoms with Crippen LogP contribution in [0.5, 0.6) is 0 Å². The Hall–Kier alpha value is -1.70. The van der Waals surface area contributed by atoms with Crippen molar-refractivity contribution in [2.45, 2.75) is 72.3 Å². The molecule has 0 aliphatic carbocycles. The Morgan fingerprint density at radius 3 is 2.37 bits per heavy atom. The summed E-state index contributed by atoms with van der Waals surface area (Å²) in [5.74, 6) is -1.01. The Bertz CT molecular complexity index is 677. The normalized spacial score (nSPS) is 22.1. The van der Waals surface area contributed by atoms with Crippen molar-refractivity contribution in [1.29, 1.82) is 0 Å². The Morgan fingerprint density at radius 2 is 1.85 bits per heavy atom. The molecule has 0 aromatic carbocycles. The molecule has 1 aromatic rings. The zero-order valence-electron chi connectivity index (χ0n) is 16.8. The van der Waals surface area contributed by atoms with E-state index in [1.54, 1.807) is 0 Å². The summed E-state index contributed by atoms with van der Waals surface area (Å²) in [5.41, 5.74) is 0.0334. The Labute approximate surface area is 158 Å². The molecule has 1 aromatic heterocycles. The summed E-state index contributed by atoms with van der Waals surface area (Å²) in [6, 6.07) is 1.07. The van der Waals surface area contributed by atoms with Gasteiger partial charge in [-0.15, -0.1) is 0 Å². The number of carbonyl (C=O) groups excluding carboxylic acids is 1. The van der Waals surface area contributed by atoms with Gasteiger partial charge in [0.05, 0.1) is 18.3 Å². The molecule has 1 saturated heterocycles. The van der Waals surface area contributed by atoms with Crippen LogP contribution in [-0.2, 0) is 17.5 Å². The third-order valence-electron chi connectivity index (χ3n) is 5.10. The van der Waals surface area contributed by atoms with Gasteiger partial charge in [-0.3, -0.25) is 9.69 Å². The van der Waals surface area contributed by atoms with Crippen LogP contribution in [0, 0.1) is 11.3 Å². The standard InChI is InChI=1S/C19H29F3N4O/c1-17(2,3)12-9-14(26(11-12)18(4,5)6)15(27)24-10-13-7-8-23-16(25-13)19(20,21)22/h7-8,12,14H,9-11H2,1-6H3,(H,24,27)/t12?,14-/m0/s1. The lowest BCUT2D eigenvalue weighted by Crippen LogP contribution is -2.51. The Balaban J connectivity index is 2.10. The van der Waals surface area contributed by atoms with Crippen molar-refractivity contribution in [3.63, 3.8) is 0 Å². The predicted molar refractivity (Wildman–Crippen MR) is 96.7 cm³/mol. The van der Waals surface area contributed by atoms with E-state index in [-0.39, 0.29) is 35.1 Å². The number of nitrogens with zero attached hydrogens (tertiary/aromatic N) is 3. The monoisotopic (exact) mass is 386 g/mol. The molecule has 0 saturated carbocycles. The van der Waals surface area contributed by atoms with Gasteiger partial charge in [0, 0.05) is 18.3 Å². The van der Waals surface area contributed by atoms with E-state index in [1.807, 2.05) is 0 Å². The first kappa shape index (κ1) is 21.6. The molecule has 1 unspecified atom stereocenters. The van der Waals surface area contributed by atoms with E-state index in [9.17, 15) is 18.0 Å². The van der Waals surface area contributed by atoms with E-state index in [1.165, 1.54) is 6.07 Å². The molecule has 2 heterocycles. The van der Waals surface area contributed by atoms with E-state index in [0.29, 0.717) is 5.92 Å². The number of carbonyl (C=O) groups is 1. The first-order chi connectivity index (χ1) is 12.2. The van der Waals surface area contributed by atoms with Crippen LogP contribution in [-0.4, -0.2) is 38.9 Å². The number of halogens is 3. The molecule has 8 heteroatoms. The molecular weight excluding hydrogens is 357 g/mol. The average molecular weight is 386 g/mol. The SMILES string of the molecule is CC(C)(C)C1C[C@@H](C(=O)NCc2ccnc(C(F)(F)F)n2)N(C(C)(C)C)C1. The molecule has 0 spiro atoms. The largest absolute Gasteiger partial charge is 0.451 e. The fraction of sp³-hybridized carbons (Fsp3) is 0.737. The molecule has 27 heavy (non-hydrogen) atoms. The first-order valence-electron chi connectivity index (χ1n) is 9.13. The number of alkyl halides is 3. The molecule has 2 rings (SSSR count). The van der Waals surface area contributed by atoms with Crippen molar-refractivity contribution < 1.29 is 18.0 Å². The lowest BCUT2D eigenvalue weighted by molar-refractivity contribution is -0.145. The van der Waals surface area contributed by atoms with Crippen LogP contribution >= 0.6 is 0 Å². The topological polar surface area (TPSA) is 58.1 Å². The average Bonchev–Trinajstić information content (AvgIpc) is 2.98. The summed E-state index contributed by atoms with van der Waals surface area (Å²) in [6.45, 7) is 13.5. The zero-order valence-corrected chi connectivity index (χ0v) is 16.8. The molecule has 1 amide bonds. The van der Waals surface area contributed by atoms with Crippen LogP contribution in [0.3, 0.4) is 0 Å². The number of hydrogen-bond acceptors (Lipinski definition) is 4. The van der Waals surface area contributed by atoms with Crippen LogP contribution < -0.4 is 5.32 Å². The molecule has 1 aliphatic rings. The van der Waals surface area contributed by atoms with E-state index in [0.717, 1.165) is 19.2 Å². The summed E-state index contributed by atoms with van der Waals surface area (Å²) < 4.78 is 38.2.